The number of hydrogen-bond acceptors (Lipinski definition) is 4. The summed E-state index contributed by atoms with van der Waals surface area (Å²) in [6.07, 6.45) is 1.53. The number of rotatable bonds is 2. The lowest BCUT2D eigenvalue weighted by atomic mass is 10.3. The predicted molar refractivity (Wildman–Crippen MR) is 45.6 cm³/mol. The fourth-order valence-electron chi connectivity index (χ4n) is 0.820. The number of nitrogens with one attached hydrogen (secondary N) is 1. The smallest absolute Gasteiger partial charge is 0.222 e. The molecule has 62 valence electrons. The van der Waals surface area contributed by atoms with Crippen LogP contribution in [0.3, 0.4) is 0 Å². The summed E-state index contributed by atoms with van der Waals surface area (Å²) >= 11 is 0. The topological polar surface area (TPSA) is 61.6 Å². The molecule has 0 spiro atoms. The second-order valence-corrected chi connectivity index (χ2v) is 2.33. The van der Waals surface area contributed by atoms with Crippen LogP contribution in [0.25, 0.3) is 0 Å². The number of nitrogens with zero attached hydrogens (tertiary/aromatic N) is 3. The molecule has 12 heavy (non-hydrogen) atoms. The van der Waals surface area contributed by atoms with E-state index in [1.54, 1.807) is 6.92 Å². The Bertz CT molecular complexity index is 313. The zero-order valence-electron chi connectivity index (χ0n) is 7.13. The maximum absolute atomic E-state index is 8.59. The van der Waals surface area contributed by atoms with Crippen LogP contribution >= 0.6 is 0 Å². The number of aryl methyl sites for hydroxylation is 1. The van der Waals surface area contributed by atoms with Gasteiger partial charge in [-0.1, -0.05) is 0 Å². The standard InChI is InChI=1S/C8H10N4/c1-3-10-8-11-5-7(4-9)6(2)12-8/h5H,3H2,1-2H3,(H,10,11,12). The zero-order valence-corrected chi connectivity index (χ0v) is 7.13. The van der Waals surface area contributed by atoms with Gasteiger partial charge in [0.15, 0.2) is 0 Å². The molecule has 0 bridgehead atoms. The van der Waals surface area contributed by atoms with Gasteiger partial charge in [-0.05, 0) is 13.8 Å². The lowest BCUT2D eigenvalue weighted by Gasteiger charge is -2.01. The van der Waals surface area contributed by atoms with Gasteiger partial charge in [0.25, 0.3) is 0 Å². The molecule has 0 aliphatic rings. The van der Waals surface area contributed by atoms with E-state index in [0.717, 1.165) is 6.54 Å². The Balaban J connectivity index is 2.96. The summed E-state index contributed by atoms with van der Waals surface area (Å²) in [5.74, 6) is 0.578. The molecule has 0 unspecified atom stereocenters. The summed E-state index contributed by atoms with van der Waals surface area (Å²) in [6, 6.07) is 2.01. The van der Waals surface area contributed by atoms with Crippen LogP contribution in [-0.4, -0.2) is 16.5 Å². The first-order valence-electron chi connectivity index (χ1n) is 3.75. The highest BCUT2D eigenvalue weighted by molar-refractivity contribution is 5.35. The summed E-state index contributed by atoms with van der Waals surface area (Å²) in [6.45, 7) is 4.54. The molecule has 0 saturated heterocycles. The van der Waals surface area contributed by atoms with Gasteiger partial charge in [-0.2, -0.15) is 5.26 Å². The summed E-state index contributed by atoms with van der Waals surface area (Å²) in [5.41, 5.74) is 1.24. The molecule has 0 aliphatic carbocycles. The van der Waals surface area contributed by atoms with Gasteiger partial charge in [-0.25, -0.2) is 9.97 Å². The lowest BCUT2D eigenvalue weighted by molar-refractivity contribution is 1.04. The van der Waals surface area contributed by atoms with Crippen molar-refractivity contribution in [2.45, 2.75) is 13.8 Å². The van der Waals surface area contributed by atoms with Crippen LogP contribution < -0.4 is 5.32 Å². The molecule has 0 fully saturated rings. The molecule has 0 amide bonds. The van der Waals surface area contributed by atoms with E-state index in [1.165, 1.54) is 6.20 Å². The van der Waals surface area contributed by atoms with E-state index < -0.39 is 0 Å². The van der Waals surface area contributed by atoms with Crippen LogP contribution in [0.5, 0.6) is 0 Å². The van der Waals surface area contributed by atoms with Crippen molar-refractivity contribution in [3.63, 3.8) is 0 Å². The SMILES string of the molecule is CCNc1ncc(C#N)c(C)n1. The maximum Gasteiger partial charge on any atom is 0.222 e. The lowest BCUT2D eigenvalue weighted by Crippen LogP contribution is -2.03. The van der Waals surface area contributed by atoms with Crippen molar-refractivity contribution in [2.24, 2.45) is 0 Å². The van der Waals surface area contributed by atoms with Crippen molar-refractivity contribution < 1.29 is 0 Å². The molecule has 4 nitrogen and oxygen atoms in total. The number of anilines is 1. The summed E-state index contributed by atoms with van der Waals surface area (Å²) in [7, 11) is 0. The Hall–Kier alpha value is -1.63. The highest BCUT2D eigenvalue weighted by Crippen LogP contribution is 2.04. The fourth-order valence-corrected chi connectivity index (χ4v) is 0.820. The normalized spacial score (nSPS) is 9.08. The van der Waals surface area contributed by atoms with Gasteiger partial charge in [-0.15, -0.1) is 0 Å². The monoisotopic (exact) mass is 162 g/mol. The Morgan fingerprint density at radius 2 is 2.42 bits per heavy atom. The van der Waals surface area contributed by atoms with Crippen LogP contribution in [0, 0.1) is 18.3 Å². The molecule has 1 N–H and O–H groups in total. The largest absolute Gasteiger partial charge is 0.354 e. The molecule has 1 heterocycles. The van der Waals surface area contributed by atoms with Crippen molar-refractivity contribution in [1.82, 2.24) is 9.97 Å². The summed E-state index contributed by atoms with van der Waals surface area (Å²) in [5, 5.41) is 11.6. The Morgan fingerprint density at radius 1 is 1.67 bits per heavy atom. The molecule has 0 saturated carbocycles. The van der Waals surface area contributed by atoms with Gasteiger partial charge < -0.3 is 5.32 Å². The minimum Gasteiger partial charge on any atom is -0.354 e. The van der Waals surface area contributed by atoms with Crippen molar-refractivity contribution in [1.29, 1.82) is 5.26 Å². The number of nitriles is 1. The van der Waals surface area contributed by atoms with E-state index in [2.05, 4.69) is 15.3 Å². The van der Waals surface area contributed by atoms with Gasteiger partial charge >= 0.3 is 0 Å². The van der Waals surface area contributed by atoms with E-state index in [9.17, 15) is 0 Å². The highest BCUT2D eigenvalue weighted by atomic mass is 15.1. The third kappa shape index (κ3) is 1.70. The van der Waals surface area contributed by atoms with E-state index >= 15 is 0 Å². The maximum atomic E-state index is 8.59. The first-order chi connectivity index (χ1) is 5.77. The molecule has 4 heteroatoms. The summed E-state index contributed by atoms with van der Waals surface area (Å²) in [4.78, 5) is 8.04. The number of hydrogen-bond donors (Lipinski definition) is 1. The van der Waals surface area contributed by atoms with Gasteiger partial charge in [0, 0.05) is 6.54 Å². The molecule has 0 atom stereocenters. The van der Waals surface area contributed by atoms with Crippen LogP contribution in [0.15, 0.2) is 6.20 Å². The van der Waals surface area contributed by atoms with Crippen LogP contribution in [-0.2, 0) is 0 Å². The van der Waals surface area contributed by atoms with Crippen LogP contribution in [0.4, 0.5) is 5.95 Å². The van der Waals surface area contributed by atoms with E-state index in [0.29, 0.717) is 17.2 Å². The minimum atomic E-state index is 0.525. The molecular weight excluding hydrogens is 152 g/mol. The number of aromatic nitrogens is 2. The van der Waals surface area contributed by atoms with Gasteiger partial charge in [0.1, 0.15) is 6.07 Å². The Kier molecular flexibility index (Phi) is 2.59. The zero-order chi connectivity index (χ0) is 8.97. The first-order valence-corrected chi connectivity index (χ1v) is 3.75. The third-order valence-corrected chi connectivity index (χ3v) is 1.43. The summed E-state index contributed by atoms with van der Waals surface area (Å²) < 4.78 is 0. The molecular formula is C8H10N4. The Morgan fingerprint density at radius 3 is 2.92 bits per heavy atom. The highest BCUT2D eigenvalue weighted by Gasteiger charge is 2.00. The molecule has 1 aromatic rings. The second-order valence-electron chi connectivity index (χ2n) is 2.33. The second kappa shape index (κ2) is 3.67. The fraction of sp³-hybridized carbons (Fsp3) is 0.375. The van der Waals surface area contributed by atoms with E-state index in [-0.39, 0.29) is 0 Å². The van der Waals surface area contributed by atoms with Crippen LogP contribution in [0.1, 0.15) is 18.2 Å². The molecule has 1 rings (SSSR count). The van der Waals surface area contributed by atoms with Crippen molar-refractivity contribution in [3.8, 4) is 6.07 Å². The average molecular weight is 162 g/mol. The molecule has 0 aliphatic heterocycles. The molecule has 0 aromatic carbocycles. The minimum absolute atomic E-state index is 0.525. The van der Waals surface area contributed by atoms with Gasteiger partial charge in [0.2, 0.25) is 5.95 Å². The molecule has 0 radical (unpaired) electrons. The van der Waals surface area contributed by atoms with Crippen molar-refractivity contribution >= 4 is 5.95 Å². The average Bonchev–Trinajstić information content (AvgIpc) is 2.05. The Labute approximate surface area is 71.3 Å². The molecule has 1 aromatic heterocycles. The first kappa shape index (κ1) is 8.47. The van der Waals surface area contributed by atoms with Gasteiger partial charge in [-0.3, -0.25) is 0 Å². The van der Waals surface area contributed by atoms with E-state index in [4.69, 9.17) is 5.26 Å². The third-order valence-electron chi connectivity index (χ3n) is 1.43. The van der Waals surface area contributed by atoms with Crippen molar-refractivity contribution in [3.05, 3.63) is 17.5 Å². The van der Waals surface area contributed by atoms with Crippen LogP contribution in [0.2, 0.25) is 0 Å². The van der Waals surface area contributed by atoms with Gasteiger partial charge in [0.05, 0.1) is 17.5 Å². The van der Waals surface area contributed by atoms with Crippen molar-refractivity contribution in [2.75, 3.05) is 11.9 Å². The predicted octanol–water partition coefficient (Wildman–Crippen LogP) is 1.09. The van der Waals surface area contributed by atoms with E-state index in [1.807, 2.05) is 13.0 Å². The quantitative estimate of drug-likeness (QED) is 0.707.